The van der Waals surface area contributed by atoms with Gasteiger partial charge in [0.25, 0.3) is 0 Å². The van der Waals surface area contributed by atoms with E-state index < -0.39 is 9.84 Å². The Bertz CT molecular complexity index is 419. The van der Waals surface area contributed by atoms with Crippen LogP contribution in [0.15, 0.2) is 15.0 Å². The second kappa shape index (κ2) is 3.99. The molecule has 15 heavy (non-hydrogen) atoms. The van der Waals surface area contributed by atoms with E-state index in [0.29, 0.717) is 5.04 Å². The van der Waals surface area contributed by atoms with E-state index in [1.165, 1.54) is 6.20 Å². The van der Waals surface area contributed by atoms with Gasteiger partial charge < -0.3 is 4.90 Å². The molecule has 6 heteroatoms. The third-order valence-electron chi connectivity index (χ3n) is 2.89. The summed E-state index contributed by atoms with van der Waals surface area (Å²) in [5, 5.41) is 0.350. The van der Waals surface area contributed by atoms with Crippen LogP contribution in [-0.4, -0.2) is 38.5 Å². The van der Waals surface area contributed by atoms with Crippen LogP contribution in [0.25, 0.3) is 0 Å². The minimum Gasteiger partial charge on any atom is -0.306 e. The van der Waals surface area contributed by atoms with Gasteiger partial charge in [0.15, 0.2) is 0 Å². The molecule has 4 nitrogen and oxygen atoms in total. The minimum absolute atomic E-state index is 0.0949. The fourth-order valence-corrected chi connectivity index (χ4v) is 3.79. The molecule has 84 valence electrons. The van der Waals surface area contributed by atoms with Crippen molar-refractivity contribution in [3.63, 3.8) is 0 Å². The lowest BCUT2D eigenvalue weighted by atomic mass is 9.98. The van der Waals surface area contributed by atoms with Gasteiger partial charge in [0.2, 0.25) is 9.84 Å². The maximum Gasteiger partial charge on any atom is 0.228 e. The van der Waals surface area contributed by atoms with Gasteiger partial charge in [-0.3, -0.25) is 0 Å². The van der Waals surface area contributed by atoms with Crippen LogP contribution in [0.1, 0.15) is 12.8 Å². The van der Waals surface area contributed by atoms with Crippen molar-refractivity contribution in [2.24, 2.45) is 10.9 Å². The molecule has 0 N–H and O–H groups in total. The molecule has 2 aliphatic heterocycles. The number of aliphatic imine (C=N–C) groups is 1. The number of piperidine rings is 1. The van der Waals surface area contributed by atoms with E-state index in [2.05, 4.69) is 32.9 Å². The van der Waals surface area contributed by atoms with Gasteiger partial charge in [-0.25, -0.2) is 13.4 Å². The van der Waals surface area contributed by atoms with Crippen LogP contribution in [-0.2, 0) is 9.84 Å². The Morgan fingerprint density at radius 1 is 1.47 bits per heavy atom. The van der Waals surface area contributed by atoms with Gasteiger partial charge in [-0.2, -0.15) is 0 Å². The van der Waals surface area contributed by atoms with E-state index in [0.717, 1.165) is 25.9 Å². The summed E-state index contributed by atoms with van der Waals surface area (Å²) >= 11 is 3.03. The van der Waals surface area contributed by atoms with Crippen LogP contribution in [0.4, 0.5) is 0 Å². The molecule has 0 aliphatic carbocycles. The summed E-state index contributed by atoms with van der Waals surface area (Å²) in [6, 6.07) is 0. The van der Waals surface area contributed by atoms with E-state index in [9.17, 15) is 8.42 Å². The van der Waals surface area contributed by atoms with Gasteiger partial charge in [-0.1, -0.05) is 0 Å². The van der Waals surface area contributed by atoms with Crippen LogP contribution in [0, 0.1) is 5.92 Å². The van der Waals surface area contributed by atoms with Crippen molar-refractivity contribution in [3.05, 3.63) is 10.0 Å². The molecule has 2 heterocycles. The zero-order valence-corrected chi connectivity index (χ0v) is 10.9. The molecule has 0 bridgehead atoms. The van der Waals surface area contributed by atoms with Gasteiger partial charge in [0.1, 0.15) is 8.86 Å². The van der Waals surface area contributed by atoms with Crippen LogP contribution in [0.5, 0.6) is 0 Å². The zero-order valence-electron chi connectivity index (χ0n) is 8.48. The zero-order chi connectivity index (χ0) is 11.1. The van der Waals surface area contributed by atoms with Crippen molar-refractivity contribution >= 4 is 30.8 Å². The summed E-state index contributed by atoms with van der Waals surface area (Å²) in [7, 11) is -1.22. The van der Waals surface area contributed by atoms with E-state index in [4.69, 9.17) is 0 Å². The fourth-order valence-electron chi connectivity index (χ4n) is 1.93. The first-order valence-corrected chi connectivity index (χ1v) is 7.16. The van der Waals surface area contributed by atoms with Crippen molar-refractivity contribution < 1.29 is 8.42 Å². The molecule has 0 aromatic carbocycles. The molecule has 0 radical (unpaired) electrons. The van der Waals surface area contributed by atoms with Crippen LogP contribution in [0.2, 0.25) is 0 Å². The average Bonchev–Trinajstić information content (AvgIpc) is 2.44. The predicted octanol–water partition coefficient (Wildman–Crippen LogP) is 1.35. The number of nitrogens with zero attached hydrogens (tertiary/aromatic N) is 2. The quantitative estimate of drug-likeness (QED) is 0.733. The molecule has 2 rings (SSSR count). The Labute approximate surface area is 98.1 Å². The smallest absolute Gasteiger partial charge is 0.228 e. The summed E-state index contributed by atoms with van der Waals surface area (Å²) in [5.74, 6) is 0.0949. The number of sulfone groups is 1. The topological polar surface area (TPSA) is 49.7 Å². The molecule has 1 fully saturated rings. The Morgan fingerprint density at radius 2 is 2.07 bits per heavy atom. The molecular weight excluding hydrogens is 280 g/mol. The van der Waals surface area contributed by atoms with Crippen LogP contribution in [0.3, 0.4) is 0 Å². The number of hydrogen-bond donors (Lipinski definition) is 0. The maximum atomic E-state index is 11.8. The van der Waals surface area contributed by atoms with Gasteiger partial charge in [0.05, 0.1) is 6.20 Å². The fraction of sp³-hybridized carbons (Fsp3) is 0.667. The summed E-state index contributed by atoms with van der Waals surface area (Å²) in [5.41, 5.74) is 0. The normalized spacial score (nSPS) is 27.6. The molecule has 2 aliphatic rings. The van der Waals surface area contributed by atoms with Crippen molar-refractivity contribution in [3.8, 4) is 0 Å². The molecule has 0 spiro atoms. The minimum atomic E-state index is -3.27. The Hall–Kier alpha value is -0.200. The first-order valence-electron chi connectivity index (χ1n) is 4.89. The molecule has 0 aromatic rings. The van der Waals surface area contributed by atoms with Crippen LogP contribution < -0.4 is 0 Å². The number of hydrogen-bond acceptors (Lipinski definition) is 4. The number of halogens is 1. The molecule has 0 amide bonds. The van der Waals surface area contributed by atoms with Crippen molar-refractivity contribution in [1.29, 1.82) is 0 Å². The highest BCUT2D eigenvalue weighted by Gasteiger charge is 2.35. The highest BCUT2D eigenvalue weighted by Crippen LogP contribution is 2.30. The number of rotatable bonds is 1. The molecule has 0 saturated carbocycles. The SMILES string of the molecule is CN1CCC(C2=NC=C(Br)S2(=O)=O)CC1. The Morgan fingerprint density at radius 3 is 2.53 bits per heavy atom. The van der Waals surface area contributed by atoms with Gasteiger partial charge in [0, 0.05) is 5.92 Å². The molecule has 0 atom stereocenters. The summed E-state index contributed by atoms with van der Waals surface area (Å²) in [4.78, 5) is 6.23. The number of likely N-dealkylation sites (tertiary alicyclic amines) is 1. The second-order valence-electron chi connectivity index (χ2n) is 3.98. The lowest BCUT2D eigenvalue weighted by molar-refractivity contribution is 0.253. The highest BCUT2D eigenvalue weighted by molar-refractivity contribution is 9.14. The first-order chi connectivity index (χ1) is 7.01. The molecule has 1 saturated heterocycles. The van der Waals surface area contributed by atoms with E-state index >= 15 is 0 Å². The Kier molecular flexibility index (Phi) is 3.00. The third-order valence-corrected chi connectivity index (χ3v) is 5.98. The van der Waals surface area contributed by atoms with Crippen molar-refractivity contribution in [2.45, 2.75) is 12.8 Å². The first kappa shape index (κ1) is 11.3. The summed E-state index contributed by atoms with van der Waals surface area (Å²) < 4.78 is 23.8. The third kappa shape index (κ3) is 2.03. The van der Waals surface area contributed by atoms with Crippen LogP contribution >= 0.6 is 15.9 Å². The Balaban J connectivity index is 2.15. The van der Waals surface area contributed by atoms with E-state index in [-0.39, 0.29) is 9.73 Å². The summed E-state index contributed by atoms with van der Waals surface area (Å²) in [6.45, 7) is 1.88. The summed E-state index contributed by atoms with van der Waals surface area (Å²) in [6.07, 6.45) is 3.15. The largest absolute Gasteiger partial charge is 0.306 e. The predicted molar refractivity (Wildman–Crippen MR) is 63.6 cm³/mol. The van der Waals surface area contributed by atoms with Gasteiger partial charge >= 0.3 is 0 Å². The second-order valence-corrected chi connectivity index (χ2v) is 7.23. The average molecular weight is 293 g/mol. The van der Waals surface area contributed by atoms with E-state index in [1.807, 2.05) is 0 Å². The van der Waals surface area contributed by atoms with Gasteiger partial charge in [-0.15, -0.1) is 0 Å². The monoisotopic (exact) mass is 292 g/mol. The lowest BCUT2D eigenvalue weighted by Crippen LogP contribution is -2.35. The molecule has 0 unspecified atom stereocenters. The lowest BCUT2D eigenvalue weighted by Gasteiger charge is -2.28. The standard InChI is InChI=1S/C9H13BrN2O2S/c1-12-4-2-7(3-5-12)9-11-6-8(10)15(9,13)14/h6-7H,2-5H2,1H3. The highest BCUT2D eigenvalue weighted by atomic mass is 79.9. The maximum absolute atomic E-state index is 11.8. The molecule has 0 aromatic heterocycles. The van der Waals surface area contributed by atoms with Crippen molar-refractivity contribution in [2.75, 3.05) is 20.1 Å². The van der Waals surface area contributed by atoms with Crippen molar-refractivity contribution in [1.82, 2.24) is 4.90 Å². The van der Waals surface area contributed by atoms with Gasteiger partial charge in [-0.05, 0) is 48.9 Å². The van der Waals surface area contributed by atoms with E-state index in [1.54, 1.807) is 0 Å². The molecular formula is C9H13BrN2O2S.